The van der Waals surface area contributed by atoms with Crippen LogP contribution in [-0.2, 0) is 21.2 Å². The second-order valence-electron chi connectivity index (χ2n) is 8.52. The maximum atomic E-state index is 13.0. The smallest absolute Gasteiger partial charge is 0.263 e. The van der Waals surface area contributed by atoms with Crippen LogP contribution in [0.2, 0.25) is 0 Å². The molecule has 0 amide bonds. The number of rotatable bonds is 10. The van der Waals surface area contributed by atoms with E-state index in [-0.39, 0.29) is 41.8 Å². The monoisotopic (exact) mass is 517 g/mol. The number of sulfonamides is 1. The van der Waals surface area contributed by atoms with Crippen LogP contribution >= 0.6 is 0 Å². The van der Waals surface area contributed by atoms with Crippen LogP contribution in [0, 0.1) is 0 Å². The Morgan fingerprint density at radius 1 is 1.00 bits per heavy atom. The molecule has 3 aromatic rings. The quantitative estimate of drug-likeness (QED) is 0.389. The Morgan fingerprint density at radius 2 is 1.67 bits per heavy atom. The molecule has 1 aromatic heterocycles. The molecule has 0 saturated carbocycles. The highest BCUT2D eigenvalue weighted by atomic mass is 32.2. The van der Waals surface area contributed by atoms with Crippen LogP contribution in [0.4, 0.5) is 5.82 Å². The van der Waals surface area contributed by atoms with E-state index in [9.17, 15) is 8.42 Å². The van der Waals surface area contributed by atoms with Gasteiger partial charge >= 0.3 is 0 Å². The SMILES string of the molecule is CC.COc1cccc(Oc2c(NS(=O)(=O)Cc3ccc(C(C)(C)C)cc3)ncnc2OCCO)c1. The highest BCUT2D eigenvalue weighted by Crippen LogP contribution is 2.37. The molecule has 3 rings (SSSR count). The average molecular weight is 518 g/mol. The third-order valence-corrected chi connectivity index (χ3v) is 6.01. The van der Waals surface area contributed by atoms with Gasteiger partial charge in [0.25, 0.3) is 5.88 Å². The fourth-order valence-electron chi connectivity index (χ4n) is 3.05. The number of hydrogen-bond donors (Lipinski definition) is 2. The van der Waals surface area contributed by atoms with E-state index in [1.807, 2.05) is 26.0 Å². The zero-order valence-corrected chi connectivity index (χ0v) is 22.4. The van der Waals surface area contributed by atoms with Crippen LogP contribution < -0.4 is 18.9 Å². The summed E-state index contributed by atoms with van der Waals surface area (Å²) in [6, 6.07) is 14.2. The lowest BCUT2D eigenvalue weighted by Gasteiger charge is -2.19. The van der Waals surface area contributed by atoms with Gasteiger partial charge in [-0.1, -0.05) is 65.0 Å². The Labute approximate surface area is 213 Å². The molecule has 0 aliphatic heterocycles. The molecule has 196 valence electrons. The van der Waals surface area contributed by atoms with Crippen molar-refractivity contribution in [2.45, 2.75) is 45.8 Å². The normalized spacial score (nSPS) is 11.2. The molecule has 36 heavy (non-hydrogen) atoms. The van der Waals surface area contributed by atoms with Crippen LogP contribution in [0.3, 0.4) is 0 Å². The maximum absolute atomic E-state index is 13.0. The number of aliphatic hydroxyl groups excluding tert-OH is 1. The van der Waals surface area contributed by atoms with E-state index in [1.54, 1.807) is 36.4 Å². The second kappa shape index (κ2) is 13.1. The van der Waals surface area contributed by atoms with Gasteiger partial charge in [0.1, 0.15) is 24.4 Å². The molecule has 10 heteroatoms. The van der Waals surface area contributed by atoms with Crippen molar-refractivity contribution in [3.05, 3.63) is 66.0 Å². The largest absolute Gasteiger partial charge is 0.497 e. The minimum Gasteiger partial charge on any atom is -0.497 e. The highest BCUT2D eigenvalue weighted by Gasteiger charge is 2.22. The van der Waals surface area contributed by atoms with Crippen molar-refractivity contribution >= 4 is 15.8 Å². The van der Waals surface area contributed by atoms with Crippen molar-refractivity contribution in [1.29, 1.82) is 0 Å². The third-order valence-electron chi connectivity index (χ3n) is 4.79. The summed E-state index contributed by atoms with van der Waals surface area (Å²) in [4.78, 5) is 8.09. The number of anilines is 1. The predicted molar refractivity (Wildman–Crippen MR) is 140 cm³/mol. The summed E-state index contributed by atoms with van der Waals surface area (Å²) < 4.78 is 44.9. The van der Waals surface area contributed by atoms with Gasteiger partial charge in [-0.05, 0) is 28.7 Å². The highest BCUT2D eigenvalue weighted by molar-refractivity contribution is 7.91. The zero-order chi connectivity index (χ0) is 26.8. The fraction of sp³-hybridized carbons (Fsp3) is 0.385. The molecule has 9 nitrogen and oxygen atoms in total. The number of nitrogens with one attached hydrogen (secondary N) is 1. The number of nitrogens with zero attached hydrogens (tertiary/aromatic N) is 2. The number of aliphatic hydroxyl groups is 1. The molecule has 0 spiro atoms. The molecule has 0 aliphatic rings. The van der Waals surface area contributed by atoms with E-state index < -0.39 is 10.0 Å². The number of aromatic nitrogens is 2. The summed E-state index contributed by atoms with van der Waals surface area (Å²) in [6.07, 6.45) is 1.15. The van der Waals surface area contributed by atoms with Gasteiger partial charge in [-0.2, -0.15) is 4.98 Å². The van der Waals surface area contributed by atoms with Crippen molar-refractivity contribution in [3.8, 4) is 23.1 Å². The van der Waals surface area contributed by atoms with Gasteiger partial charge in [-0.25, -0.2) is 13.4 Å². The van der Waals surface area contributed by atoms with Crippen molar-refractivity contribution in [1.82, 2.24) is 9.97 Å². The van der Waals surface area contributed by atoms with Gasteiger partial charge in [0, 0.05) is 6.07 Å². The minimum absolute atomic E-state index is 0.0147. The van der Waals surface area contributed by atoms with Gasteiger partial charge in [-0.15, -0.1) is 0 Å². The van der Waals surface area contributed by atoms with Crippen LogP contribution in [0.5, 0.6) is 23.1 Å². The summed E-state index contributed by atoms with van der Waals surface area (Å²) in [7, 11) is -2.33. The molecule has 0 radical (unpaired) electrons. The number of ether oxygens (including phenoxy) is 3. The first-order valence-electron chi connectivity index (χ1n) is 11.6. The summed E-state index contributed by atoms with van der Waals surface area (Å²) in [5.41, 5.74) is 1.70. The molecule has 1 heterocycles. The molecular formula is C26H35N3O6S. The Hall–Kier alpha value is -3.37. The van der Waals surface area contributed by atoms with E-state index in [0.29, 0.717) is 17.1 Å². The van der Waals surface area contributed by atoms with Crippen LogP contribution in [0.1, 0.15) is 45.7 Å². The standard InChI is InChI=1S/C24H29N3O6S.C2H6/c1-24(2,3)18-10-8-17(9-11-18)15-34(29,30)27-22-21(23(26-16-25-22)32-13-12-28)33-20-7-5-6-19(14-20)31-4;1-2/h5-11,14,16,28H,12-13,15H2,1-4H3,(H,25,26,27);1-2H3. The third kappa shape index (κ3) is 8.39. The van der Waals surface area contributed by atoms with Gasteiger partial charge in [-0.3, -0.25) is 4.72 Å². The predicted octanol–water partition coefficient (Wildman–Crippen LogP) is 4.91. The van der Waals surface area contributed by atoms with Crippen molar-refractivity contribution in [3.63, 3.8) is 0 Å². The van der Waals surface area contributed by atoms with Crippen molar-refractivity contribution in [2.24, 2.45) is 0 Å². The number of hydrogen-bond acceptors (Lipinski definition) is 8. The Balaban J connectivity index is 0.00000222. The summed E-state index contributed by atoms with van der Waals surface area (Å²) >= 11 is 0. The van der Waals surface area contributed by atoms with E-state index in [4.69, 9.17) is 19.3 Å². The molecule has 0 fully saturated rings. The molecule has 2 aromatic carbocycles. The van der Waals surface area contributed by atoms with Crippen LogP contribution in [0.15, 0.2) is 54.9 Å². The second-order valence-corrected chi connectivity index (χ2v) is 10.2. The molecule has 0 bridgehead atoms. The Bertz CT molecular complexity index is 1210. The van der Waals surface area contributed by atoms with E-state index in [1.165, 1.54) is 7.11 Å². The van der Waals surface area contributed by atoms with Crippen LogP contribution in [-0.4, -0.2) is 43.8 Å². The van der Waals surface area contributed by atoms with Crippen molar-refractivity contribution in [2.75, 3.05) is 25.0 Å². The van der Waals surface area contributed by atoms with Gasteiger partial charge in [0.05, 0.1) is 19.5 Å². The lowest BCUT2D eigenvalue weighted by Crippen LogP contribution is -2.17. The van der Waals surface area contributed by atoms with E-state index in [2.05, 4.69) is 35.5 Å². The lowest BCUT2D eigenvalue weighted by molar-refractivity contribution is 0.192. The molecular weight excluding hydrogens is 482 g/mol. The number of methoxy groups -OCH3 is 1. The first kappa shape index (κ1) is 28.9. The Kier molecular flexibility index (Phi) is 10.5. The lowest BCUT2D eigenvalue weighted by atomic mass is 9.87. The summed E-state index contributed by atoms with van der Waals surface area (Å²) in [6.45, 7) is 9.97. The summed E-state index contributed by atoms with van der Waals surface area (Å²) in [5, 5.41) is 9.13. The molecule has 0 saturated heterocycles. The van der Waals surface area contributed by atoms with E-state index in [0.717, 1.165) is 11.9 Å². The first-order valence-corrected chi connectivity index (χ1v) is 13.3. The fourth-order valence-corrected chi connectivity index (χ4v) is 4.20. The molecule has 0 atom stereocenters. The first-order chi connectivity index (χ1) is 17.1. The van der Waals surface area contributed by atoms with Gasteiger partial charge in [0.2, 0.25) is 15.8 Å². The maximum Gasteiger partial charge on any atom is 0.263 e. The minimum atomic E-state index is -3.85. The molecule has 0 unspecified atom stereocenters. The van der Waals surface area contributed by atoms with Crippen LogP contribution in [0.25, 0.3) is 0 Å². The summed E-state index contributed by atoms with van der Waals surface area (Å²) in [5.74, 6) is 0.522. The van der Waals surface area contributed by atoms with Gasteiger partial charge < -0.3 is 19.3 Å². The van der Waals surface area contributed by atoms with Crippen molar-refractivity contribution < 1.29 is 27.7 Å². The average Bonchev–Trinajstić information content (AvgIpc) is 2.85. The topological polar surface area (TPSA) is 120 Å². The van der Waals surface area contributed by atoms with Gasteiger partial charge in [0.15, 0.2) is 5.82 Å². The Morgan fingerprint density at radius 3 is 2.28 bits per heavy atom. The number of benzene rings is 2. The molecule has 2 N–H and O–H groups in total. The molecule has 0 aliphatic carbocycles. The van der Waals surface area contributed by atoms with E-state index >= 15 is 0 Å². The zero-order valence-electron chi connectivity index (χ0n) is 21.6.